The number of anilines is 1. The van der Waals surface area contributed by atoms with Crippen molar-refractivity contribution in [3.8, 4) is 0 Å². The molecule has 0 radical (unpaired) electrons. The van der Waals surface area contributed by atoms with Crippen molar-refractivity contribution in [3.05, 3.63) is 42.5 Å². The fourth-order valence-electron chi connectivity index (χ4n) is 2.45. The fourth-order valence-corrected chi connectivity index (χ4v) is 2.45. The highest BCUT2D eigenvalue weighted by atomic mass is 16.6. The normalized spacial score (nSPS) is 12.4. The second-order valence-corrected chi connectivity index (χ2v) is 5.72. The molecule has 2 aromatic rings. The van der Waals surface area contributed by atoms with Gasteiger partial charge in [-0.3, -0.25) is 5.32 Å². The van der Waals surface area contributed by atoms with Gasteiger partial charge >= 0.3 is 6.09 Å². The van der Waals surface area contributed by atoms with E-state index in [0.29, 0.717) is 5.92 Å². The molecule has 1 N–H and O–H groups in total. The second kappa shape index (κ2) is 7.11. The van der Waals surface area contributed by atoms with E-state index in [-0.39, 0.29) is 12.2 Å². The lowest BCUT2D eigenvalue weighted by molar-refractivity contribution is 0.0948. The third-order valence-corrected chi connectivity index (χ3v) is 3.49. The summed E-state index contributed by atoms with van der Waals surface area (Å²) in [4.78, 5) is 12.1. The summed E-state index contributed by atoms with van der Waals surface area (Å²) in [5.74, 6) is 0.514. The minimum absolute atomic E-state index is 0.0278. The van der Waals surface area contributed by atoms with Gasteiger partial charge in [-0.2, -0.15) is 0 Å². The van der Waals surface area contributed by atoms with Crippen molar-refractivity contribution in [1.29, 1.82) is 0 Å². The fraction of sp³-hybridized carbons (Fsp3) is 0.389. The first-order chi connectivity index (χ1) is 10.1. The molecule has 1 amide bonds. The van der Waals surface area contributed by atoms with Crippen LogP contribution in [0.2, 0.25) is 0 Å². The maximum Gasteiger partial charge on any atom is 0.411 e. The zero-order chi connectivity index (χ0) is 15.2. The van der Waals surface area contributed by atoms with Crippen LogP contribution in [0.25, 0.3) is 10.8 Å². The van der Waals surface area contributed by atoms with Crippen LogP contribution in [0.4, 0.5) is 10.5 Å². The molecule has 3 nitrogen and oxygen atoms in total. The molecule has 2 aromatic carbocycles. The highest BCUT2D eigenvalue weighted by Gasteiger charge is 2.14. The minimum atomic E-state index is -0.376. The number of fused-ring (bicyclic) bond motifs is 1. The number of nitrogens with one attached hydrogen (secondary N) is 1. The van der Waals surface area contributed by atoms with Gasteiger partial charge in [-0.1, -0.05) is 57.2 Å². The Morgan fingerprint density at radius 1 is 1.14 bits per heavy atom. The van der Waals surface area contributed by atoms with Gasteiger partial charge in [0.1, 0.15) is 6.10 Å². The van der Waals surface area contributed by atoms with Crippen LogP contribution in [0.1, 0.15) is 33.6 Å². The molecule has 0 unspecified atom stereocenters. The molecule has 3 heteroatoms. The zero-order valence-electron chi connectivity index (χ0n) is 12.9. The van der Waals surface area contributed by atoms with E-state index in [2.05, 4.69) is 19.2 Å². The molecule has 0 aromatic heterocycles. The van der Waals surface area contributed by atoms with Gasteiger partial charge < -0.3 is 4.74 Å². The Hall–Kier alpha value is -2.03. The molecule has 2 rings (SSSR count). The van der Waals surface area contributed by atoms with Crippen molar-refractivity contribution >= 4 is 22.6 Å². The summed E-state index contributed by atoms with van der Waals surface area (Å²) in [6.45, 7) is 6.31. The predicted octanol–water partition coefficient (Wildman–Crippen LogP) is 5.21. The molecule has 0 bridgehead atoms. The Morgan fingerprint density at radius 2 is 1.86 bits per heavy atom. The Kier molecular flexibility index (Phi) is 5.20. The van der Waals surface area contributed by atoms with E-state index in [0.717, 1.165) is 29.3 Å². The Balaban J connectivity index is 2.07. The number of carbonyl (C=O) groups is 1. The maximum absolute atomic E-state index is 12.1. The first-order valence-electron chi connectivity index (χ1n) is 7.55. The summed E-state index contributed by atoms with van der Waals surface area (Å²) in [5, 5.41) is 4.99. The van der Waals surface area contributed by atoms with E-state index in [1.807, 2.05) is 49.4 Å². The molecule has 0 heterocycles. The predicted molar refractivity (Wildman–Crippen MR) is 87.6 cm³/mol. The second-order valence-electron chi connectivity index (χ2n) is 5.72. The van der Waals surface area contributed by atoms with E-state index in [4.69, 9.17) is 4.74 Å². The molecule has 0 spiro atoms. The summed E-state index contributed by atoms with van der Waals surface area (Å²) in [7, 11) is 0. The van der Waals surface area contributed by atoms with Gasteiger partial charge in [0.15, 0.2) is 0 Å². The van der Waals surface area contributed by atoms with Gasteiger partial charge in [-0.15, -0.1) is 0 Å². The summed E-state index contributed by atoms with van der Waals surface area (Å²) in [6.07, 6.45) is 1.32. The van der Waals surface area contributed by atoms with E-state index < -0.39 is 0 Å². The van der Waals surface area contributed by atoms with Crippen LogP contribution in [0.15, 0.2) is 42.5 Å². The first-order valence-corrected chi connectivity index (χ1v) is 7.55. The smallest absolute Gasteiger partial charge is 0.411 e. The highest BCUT2D eigenvalue weighted by Crippen LogP contribution is 2.23. The van der Waals surface area contributed by atoms with E-state index in [9.17, 15) is 4.79 Å². The number of hydrogen-bond acceptors (Lipinski definition) is 2. The molecule has 0 aliphatic carbocycles. The number of benzene rings is 2. The lowest BCUT2D eigenvalue weighted by Crippen LogP contribution is -2.23. The topological polar surface area (TPSA) is 38.3 Å². The molecule has 112 valence electrons. The Morgan fingerprint density at radius 3 is 2.57 bits per heavy atom. The van der Waals surface area contributed by atoms with Crippen molar-refractivity contribution in [2.24, 2.45) is 5.92 Å². The molecule has 0 saturated carbocycles. The molecule has 1 atom stereocenters. The van der Waals surface area contributed by atoms with Gasteiger partial charge in [0.2, 0.25) is 0 Å². The van der Waals surface area contributed by atoms with Crippen molar-refractivity contribution in [2.75, 3.05) is 5.32 Å². The Labute approximate surface area is 126 Å². The summed E-state index contributed by atoms with van der Waals surface area (Å²) in [5.41, 5.74) is 0.789. The molecular formula is C18H23NO2. The van der Waals surface area contributed by atoms with Crippen molar-refractivity contribution in [3.63, 3.8) is 0 Å². The number of amides is 1. The lowest BCUT2D eigenvalue weighted by atomic mass is 10.0. The number of hydrogen-bond donors (Lipinski definition) is 1. The lowest BCUT2D eigenvalue weighted by Gasteiger charge is -2.18. The van der Waals surface area contributed by atoms with Crippen LogP contribution in [-0.2, 0) is 4.74 Å². The van der Waals surface area contributed by atoms with Crippen LogP contribution in [0.5, 0.6) is 0 Å². The summed E-state index contributed by atoms with van der Waals surface area (Å²) < 4.78 is 5.51. The quantitative estimate of drug-likeness (QED) is 0.818. The molecule has 0 saturated heterocycles. The molecule has 0 aliphatic rings. The highest BCUT2D eigenvalue weighted by molar-refractivity contribution is 6.00. The van der Waals surface area contributed by atoms with Crippen molar-refractivity contribution < 1.29 is 9.53 Å². The van der Waals surface area contributed by atoms with E-state index in [1.54, 1.807) is 0 Å². The number of carbonyl (C=O) groups excluding carboxylic acids is 1. The summed E-state index contributed by atoms with van der Waals surface area (Å²) >= 11 is 0. The third-order valence-electron chi connectivity index (χ3n) is 3.49. The first kappa shape index (κ1) is 15.4. The van der Waals surface area contributed by atoms with Gasteiger partial charge in [-0.05, 0) is 30.2 Å². The molecular weight excluding hydrogens is 262 g/mol. The van der Waals surface area contributed by atoms with Crippen LogP contribution in [0.3, 0.4) is 0 Å². The number of rotatable bonds is 5. The number of ether oxygens (including phenoxy) is 1. The van der Waals surface area contributed by atoms with Crippen molar-refractivity contribution in [2.45, 2.75) is 39.7 Å². The van der Waals surface area contributed by atoms with Crippen LogP contribution in [0, 0.1) is 5.92 Å². The van der Waals surface area contributed by atoms with Gasteiger partial charge in [0.25, 0.3) is 0 Å². The van der Waals surface area contributed by atoms with E-state index in [1.165, 1.54) is 0 Å². The van der Waals surface area contributed by atoms with Gasteiger partial charge in [0.05, 0.1) is 5.69 Å². The largest absolute Gasteiger partial charge is 0.446 e. The van der Waals surface area contributed by atoms with E-state index >= 15 is 0 Å². The Bertz CT molecular complexity index is 602. The standard InChI is InChI=1S/C18H23NO2/c1-4-15(12-13(2)3)21-18(20)19-17-11-7-9-14-8-5-6-10-16(14)17/h5-11,13,15H,4,12H2,1-3H3,(H,19,20)/t15-/m0/s1. The molecule has 0 fully saturated rings. The molecule has 0 aliphatic heterocycles. The van der Waals surface area contributed by atoms with Crippen LogP contribution < -0.4 is 5.32 Å². The summed E-state index contributed by atoms with van der Waals surface area (Å²) in [6, 6.07) is 13.8. The minimum Gasteiger partial charge on any atom is -0.446 e. The zero-order valence-corrected chi connectivity index (χ0v) is 12.9. The third kappa shape index (κ3) is 4.22. The van der Waals surface area contributed by atoms with Crippen molar-refractivity contribution in [1.82, 2.24) is 0 Å². The average Bonchev–Trinajstić information content (AvgIpc) is 2.46. The van der Waals surface area contributed by atoms with Crippen LogP contribution >= 0.6 is 0 Å². The maximum atomic E-state index is 12.1. The molecule has 21 heavy (non-hydrogen) atoms. The van der Waals surface area contributed by atoms with Gasteiger partial charge in [-0.25, -0.2) is 4.79 Å². The van der Waals surface area contributed by atoms with Crippen LogP contribution in [-0.4, -0.2) is 12.2 Å². The SMILES string of the molecule is CC[C@@H](CC(C)C)OC(=O)Nc1cccc2ccccc12. The average molecular weight is 285 g/mol. The monoisotopic (exact) mass is 285 g/mol. The van der Waals surface area contributed by atoms with Gasteiger partial charge in [0, 0.05) is 5.39 Å².